The Morgan fingerprint density at radius 3 is 2.88 bits per heavy atom. The molecular weight excluding hydrogens is 314 g/mol. The molecule has 1 saturated heterocycles. The van der Waals surface area contributed by atoms with Crippen molar-refractivity contribution in [2.24, 2.45) is 5.73 Å². The molecule has 1 atom stereocenters. The standard InChI is InChI=1S/C14H17N7O3/c15-9-8-21(19-12(9)13(16)22)24-14(23)20-6-5-17-7-11(20)10-3-1-2-4-18-10/h1-4,8,11,17H,5-7,15H2,(H2,16,22). The Labute approximate surface area is 137 Å². The number of nitrogens with two attached hydrogens (primary N) is 2. The first kappa shape index (κ1) is 15.7. The topological polar surface area (TPSA) is 141 Å². The lowest BCUT2D eigenvalue weighted by atomic mass is 10.1. The fraction of sp³-hybridized carbons (Fsp3) is 0.286. The zero-order chi connectivity index (χ0) is 17.1. The highest BCUT2D eigenvalue weighted by molar-refractivity contribution is 5.95. The first-order chi connectivity index (χ1) is 11.6. The number of hydrogen-bond donors (Lipinski definition) is 3. The van der Waals surface area contributed by atoms with Gasteiger partial charge in [0.2, 0.25) is 0 Å². The van der Waals surface area contributed by atoms with E-state index in [2.05, 4.69) is 15.4 Å². The van der Waals surface area contributed by atoms with Crippen molar-refractivity contribution in [3.05, 3.63) is 42.0 Å². The van der Waals surface area contributed by atoms with E-state index in [-0.39, 0.29) is 17.4 Å². The SMILES string of the molecule is NC(=O)c1nn(OC(=O)N2CCNCC2c2ccccn2)cc1N. The van der Waals surface area contributed by atoms with Crippen molar-refractivity contribution < 1.29 is 14.4 Å². The van der Waals surface area contributed by atoms with Gasteiger partial charge in [0.1, 0.15) is 0 Å². The van der Waals surface area contributed by atoms with Crippen molar-refractivity contribution in [3.63, 3.8) is 0 Å². The Kier molecular flexibility index (Phi) is 4.29. The fourth-order valence-electron chi connectivity index (χ4n) is 2.50. The highest BCUT2D eigenvalue weighted by Gasteiger charge is 2.30. The van der Waals surface area contributed by atoms with Gasteiger partial charge in [0.05, 0.1) is 23.6 Å². The minimum Gasteiger partial charge on any atom is -0.395 e. The maximum Gasteiger partial charge on any atom is 0.436 e. The minimum atomic E-state index is -0.796. The van der Waals surface area contributed by atoms with E-state index in [9.17, 15) is 9.59 Å². The summed E-state index contributed by atoms with van der Waals surface area (Å²) in [5, 5.41) is 6.98. The Balaban J connectivity index is 1.77. The number of carbonyl (C=O) groups excluding carboxylic acids is 2. The second kappa shape index (κ2) is 6.54. The van der Waals surface area contributed by atoms with E-state index in [1.54, 1.807) is 17.2 Å². The number of primary amides is 1. The number of anilines is 1. The number of nitrogen functional groups attached to an aromatic ring is 1. The van der Waals surface area contributed by atoms with Gasteiger partial charge in [0.15, 0.2) is 5.69 Å². The molecule has 0 spiro atoms. The molecule has 0 radical (unpaired) electrons. The van der Waals surface area contributed by atoms with Crippen molar-refractivity contribution in [3.8, 4) is 0 Å². The molecule has 3 rings (SSSR count). The molecule has 3 heterocycles. The predicted molar refractivity (Wildman–Crippen MR) is 83.7 cm³/mol. The molecule has 24 heavy (non-hydrogen) atoms. The van der Waals surface area contributed by atoms with Crippen LogP contribution in [0.2, 0.25) is 0 Å². The smallest absolute Gasteiger partial charge is 0.395 e. The summed E-state index contributed by atoms with van der Waals surface area (Å²) < 4.78 is 0. The van der Waals surface area contributed by atoms with Crippen LogP contribution in [0.15, 0.2) is 30.6 Å². The summed E-state index contributed by atoms with van der Waals surface area (Å²) in [6, 6.07) is 5.24. The first-order valence-corrected chi connectivity index (χ1v) is 7.32. The van der Waals surface area contributed by atoms with E-state index in [1.165, 1.54) is 6.20 Å². The third kappa shape index (κ3) is 3.13. The summed E-state index contributed by atoms with van der Waals surface area (Å²) in [5.41, 5.74) is 11.4. The Bertz CT molecular complexity index is 746. The van der Waals surface area contributed by atoms with Crippen molar-refractivity contribution in [1.82, 2.24) is 25.1 Å². The number of nitrogens with one attached hydrogen (secondary N) is 1. The molecule has 2 aromatic heterocycles. The van der Waals surface area contributed by atoms with Crippen LogP contribution < -0.4 is 21.6 Å². The second-order valence-corrected chi connectivity index (χ2v) is 5.22. The highest BCUT2D eigenvalue weighted by Crippen LogP contribution is 2.20. The molecule has 0 aromatic carbocycles. The molecule has 0 aliphatic carbocycles. The van der Waals surface area contributed by atoms with E-state index in [4.69, 9.17) is 16.3 Å². The van der Waals surface area contributed by atoms with Crippen molar-refractivity contribution in [1.29, 1.82) is 0 Å². The molecule has 10 nitrogen and oxygen atoms in total. The summed E-state index contributed by atoms with van der Waals surface area (Å²) in [6.45, 7) is 1.63. The maximum absolute atomic E-state index is 12.5. The highest BCUT2D eigenvalue weighted by atomic mass is 16.7. The van der Waals surface area contributed by atoms with Crippen LogP contribution in [0.1, 0.15) is 22.2 Å². The molecule has 2 aromatic rings. The lowest BCUT2D eigenvalue weighted by molar-refractivity contribution is 0.0569. The first-order valence-electron chi connectivity index (χ1n) is 7.32. The zero-order valence-electron chi connectivity index (χ0n) is 12.8. The van der Waals surface area contributed by atoms with Gasteiger partial charge in [0.25, 0.3) is 5.91 Å². The number of pyridine rings is 1. The van der Waals surface area contributed by atoms with E-state index >= 15 is 0 Å². The average molecular weight is 331 g/mol. The number of amides is 2. The molecule has 126 valence electrons. The van der Waals surface area contributed by atoms with E-state index < -0.39 is 12.0 Å². The molecule has 10 heteroatoms. The van der Waals surface area contributed by atoms with Crippen LogP contribution in [0.3, 0.4) is 0 Å². The average Bonchev–Trinajstić information content (AvgIpc) is 2.96. The van der Waals surface area contributed by atoms with Gasteiger partial charge >= 0.3 is 6.09 Å². The molecule has 1 unspecified atom stereocenters. The van der Waals surface area contributed by atoms with Gasteiger partial charge in [-0.3, -0.25) is 19.5 Å². The van der Waals surface area contributed by atoms with Gasteiger partial charge in [-0.1, -0.05) is 10.9 Å². The zero-order valence-corrected chi connectivity index (χ0v) is 12.8. The number of rotatable bonds is 3. The largest absolute Gasteiger partial charge is 0.436 e. The summed E-state index contributed by atoms with van der Waals surface area (Å²) in [7, 11) is 0. The summed E-state index contributed by atoms with van der Waals surface area (Å²) in [5.74, 6) is -0.796. The lowest BCUT2D eigenvalue weighted by Crippen LogP contribution is -2.51. The van der Waals surface area contributed by atoms with Crippen LogP contribution in [0, 0.1) is 0 Å². The molecule has 5 N–H and O–H groups in total. The van der Waals surface area contributed by atoms with Gasteiger partial charge in [-0.2, -0.15) is 0 Å². The Morgan fingerprint density at radius 1 is 1.38 bits per heavy atom. The number of hydrogen-bond acceptors (Lipinski definition) is 7. The minimum absolute atomic E-state index is 0.0388. The predicted octanol–water partition coefficient (Wildman–Crippen LogP) is -0.846. The van der Waals surface area contributed by atoms with Crippen molar-refractivity contribution in [2.45, 2.75) is 6.04 Å². The summed E-state index contributed by atoms with van der Waals surface area (Å²) >= 11 is 0. The summed E-state index contributed by atoms with van der Waals surface area (Å²) in [6.07, 6.45) is 2.27. The van der Waals surface area contributed by atoms with Crippen LogP contribution in [-0.4, -0.2) is 51.5 Å². The van der Waals surface area contributed by atoms with Gasteiger partial charge in [-0.05, 0) is 12.1 Å². The normalized spacial score (nSPS) is 17.5. The van der Waals surface area contributed by atoms with Gasteiger partial charge in [-0.25, -0.2) is 4.79 Å². The monoisotopic (exact) mass is 331 g/mol. The quantitative estimate of drug-likeness (QED) is 0.665. The van der Waals surface area contributed by atoms with E-state index in [0.29, 0.717) is 19.6 Å². The number of carbonyl (C=O) groups is 2. The number of aromatic nitrogens is 3. The lowest BCUT2D eigenvalue weighted by Gasteiger charge is -2.34. The van der Waals surface area contributed by atoms with E-state index in [0.717, 1.165) is 10.5 Å². The van der Waals surface area contributed by atoms with E-state index in [1.807, 2.05) is 12.1 Å². The molecule has 1 aliphatic rings. The van der Waals surface area contributed by atoms with Gasteiger partial charge < -0.3 is 16.8 Å². The fourth-order valence-corrected chi connectivity index (χ4v) is 2.50. The third-order valence-electron chi connectivity index (χ3n) is 3.63. The van der Waals surface area contributed by atoms with Crippen LogP contribution in [0.5, 0.6) is 0 Å². The summed E-state index contributed by atoms with van der Waals surface area (Å²) in [4.78, 5) is 35.5. The van der Waals surface area contributed by atoms with Gasteiger partial charge in [0, 0.05) is 25.8 Å². The third-order valence-corrected chi connectivity index (χ3v) is 3.63. The molecule has 1 aliphatic heterocycles. The van der Waals surface area contributed by atoms with Crippen LogP contribution in [0.25, 0.3) is 0 Å². The Hall–Kier alpha value is -3.14. The van der Waals surface area contributed by atoms with Crippen molar-refractivity contribution in [2.75, 3.05) is 25.4 Å². The second-order valence-electron chi connectivity index (χ2n) is 5.22. The Morgan fingerprint density at radius 2 is 2.21 bits per heavy atom. The van der Waals surface area contributed by atoms with Gasteiger partial charge in [-0.15, -0.1) is 5.10 Å². The molecule has 1 fully saturated rings. The number of piperazine rings is 1. The van der Waals surface area contributed by atoms with Crippen molar-refractivity contribution >= 4 is 17.7 Å². The molecular formula is C14H17N7O3. The molecule has 0 bridgehead atoms. The van der Waals surface area contributed by atoms with Crippen LogP contribution in [-0.2, 0) is 0 Å². The van der Waals surface area contributed by atoms with Crippen LogP contribution >= 0.6 is 0 Å². The maximum atomic E-state index is 12.5. The van der Waals surface area contributed by atoms with Crippen LogP contribution in [0.4, 0.5) is 10.5 Å². The number of nitrogens with zero attached hydrogens (tertiary/aromatic N) is 4. The molecule has 0 saturated carbocycles. The molecule has 2 amide bonds.